The Balaban J connectivity index is 1.28. The van der Waals surface area contributed by atoms with Crippen LogP contribution in [0.5, 0.6) is 0 Å². The van der Waals surface area contributed by atoms with E-state index in [0.717, 1.165) is 47.2 Å². The van der Waals surface area contributed by atoms with Gasteiger partial charge in [0.2, 0.25) is 5.91 Å². The first-order chi connectivity index (χ1) is 14.9. The van der Waals surface area contributed by atoms with Gasteiger partial charge in [-0.2, -0.15) is 4.72 Å². The van der Waals surface area contributed by atoms with E-state index < -0.39 is 16.1 Å². The summed E-state index contributed by atoms with van der Waals surface area (Å²) < 4.78 is 27.4. The van der Waals surface area contributed by atoms with Crippen LogP contribution in [0.2, 0.25) is 0 Å². The molecular weight excluding hydrogens is 452 g/mol. The Morgan fingerprint density at radius 3 is 2.52 bits per heavy atom. The summed E-state index contributed by atoms with van der Waals surface area (Å²) in [5, 5.41) is 4.79. The summed E-state index contributed by atoms with van der Waals surface area (Å²) in [5.74, 6) is -0.195. The summed E-state index contributed by atoms with van der Waals surface area (Å²) in [6.07, 6.45) is 0. The van der Waals surface area contributed by atoms with E-state index in [1.54, 1.807) is 34.6 Å². The Morgan fingerprint density at radius 2 is 1.84 bits per heavy atom. The maximum Gasteiger partial charge on any atom is 0.250 e. The van der Waals surface area contributed by atoms with Crippen molar-refractivity contribution in [2.45, 2.75) is 23.7 Å². The number of sulfonamides is 1. The molecule has 3 heterocycles. The van der Waals surface area contributed by atoms with Gasteiger partial charge in [-0.25, -0.2) is 13.4 Å². The summed E-state index contributed by atoms with van der Waals surface area (Å²) in [6.45, 7) is 4.94. The molecule has 1 aliphatic heterocycles. The number of carbonyl (C=O) groups excluding carboxylic acids is 1. The van der Waals surface area contributed by atoms with E-state index in [4.69, 9.17) is 4.98 Å². The van der Waals surface area contributed by atoms with Crippen LogP contribution < -0.4 is 4.72 Å². The van der Waals surface area contributed by atoms with Crippen molar-refractivity contribution >= 4 is 38.6 Å². The van der Waals surface area contributed by atoms with Crippen LogP contribution in [0.4, 0.5) is 0 Å². The summed E-state index contributed by atoms with van der Waals surface area (Å²) in [4.78, 5) is 21.5. The van der Waals surface area contributed by atoms with Crippen LogP contribution in [-0.4, -0.2) is 61.3 Å². The summed E-state index contributed by atoms with van der Waals surface area (Å²) >= 11 is 2.77. The van der Waals surface area contributed by atoms with Crippen molar-refractivity contribution < 1.29 is 13.2 Å². The second-order valence-electron chi connectivity index (χ2n) is 7.39. The third-order valence-corrected chi connectivity index (χ3v) is 8.98. The zero-order valence-electron chi connectivity index (χ0n) is 17.1. The lowest BCUT2D eigenvalue weighted by atomic mass is 10.2. The van der Waals surface area contributed by atoms with Gasteiger partial charge in [-0.3, -0.25) is 9.69 Å². The Bertz CT molecular complexity index is 1110. The molecule has 3 aromatic rings. The fourth-order valence-electron chi connectivity index (χ4n) is 3.48. The molecule has 31 heavy (non-hydrogen) atoms. The molecule has 2 aromatic heterocycles. The molecule has 1 amide bonds. The summed E-state index contributed by atoms with van der Waals surface area (Å²) in [5.41, 5.74) is 2.15. The van der Waals surface area contributed by atoms with E-state index in [1.807, 2.05) is 18.2 Å². The Labute approximate surface area is 190 Å². The normalized spacial score (nSPS) is 16.4. The number of amides is 1. The molecule has 4 rings (SSSR count). The van der Waals surface area contributed by atoms with Gasteiger partial charge in [0.1, 0.15) is 9.22 Å². The molecule has 0 spiro atoms. The molecule has 1 aromatic carbocycles. The molecule has 0 radical (unpaired) electrons. The minimum atomic E-state index is -3.67. The lowest BCUT2D eigenvalue weighted by Gasteiger charge is -2.35. The van der Waals surface area contributed by atoms with Gasteiger partial charge in [0.25, 0.3) is 10.0 Å². The van der Waals surface area contributed by atoms with Crippen LogP contribution in [0.1, 0.15) is 12.6 Å². The molecule has 10 heteroatoms. The minimum absolute atomic E-state index is 0.195. The van der Waals surface area contributed by atoms with E-state index in [2.05, 4.69) is 27.1 Å². The van der Waals surface area contributed by atoms with Crippen molar-refractivity contribution in [3.05, 3.63) is 58.9 Å². The molecule has 0 aliphatic carbocycles. The highest BCUT2D eigenvalue weighted by atomic mass is 32.2. The van der Waals surface area contributed by atoms with Crippen LogP contribution in [0, 0.1) is 0 Å². The standard InChI is InChI=1S/C21H24N4O3S3/c1-16(23-31(27,28)19-8-5-13-29-19)21(26)25-11-9-24(10-12-25)14-18-15-30-20(22-18)17-6-3-2-4-7-17/h2-8,13,15-16,23H,9-12,14H2,1H3. The molecule has 0 bridgehead atoms. The van der Waals surface area contributed by atoms with Gasteiger partial charge in [0, 0.05) is 43.7 Å². The van der Waals surface area contributed by atoms with E-state index >= 15 is 0 Å². The first kappa shape index (κ1) is 22.1. The first-order valence-electron chi connectivity index (χ1n) is 9.99. The lowest BCUT2D eigenvalue weighted by molar-refractivity contribution is -0.134. The van der Waals surface area contributed by atoms with Gasteiger partial charge in [0.15, 0.2) is 0 Å². The molecule has 1 N–H and O–H groups in total. The van der Waals surface area contributed by atoms with E-state index in [-0.39, 0.29) is 10.1 Å². The van der Waals surface area contributed by atoms with Gasteiger partial charge >= 0.3 is 0 Å². The van der Waals surface area contributed by atoms with E-state index in [1.165, 1.54) is 6.07 Å². The predicted octanol–water partition coefficient (Wildman–Crippen LogP) is 2.88. The number of carbonyl (C=O) groups is 1. The Hall–Kier alpha value is -2.11. The molecule has 0 saturated carbocycles. The fraction of sp³-hybridized carbons (Fsp3) is 0.333. The lowest BCUT2D eigenvalue weighted by Crippen LogP contribution is -2.53. The molecule has 1 unspecified atom stereocenters. The summed E-state index contributed by atoms with van der Waals surface area (Å²) in [6, 6.07) is 12.5. The SMILES string of the molecule is CC(NS(=O)(=O)c1cccs1)C(=O)N1CCN(Cc2csc(-c3ccccc3)n2)CC1. The molecule has 1 aliphatic rings. The smallest absolute Gasteiger partial charge is 0.250 e. The highest BCUT2D eigenvalue weighted by Gasteiger charge is 2.28. The number of piperazine rings is 1. The molecule has 164 valence electrons. The topological polar surface area (TPSA) is 82.6 Å². The zero-order chi connectivity index (χ0) is 21.8. The maximum atomic E-state index is 12.7. The van der Waals surface area contributed by atoms with Gasteiger partial charge in [-0.05, 0) is 18.4 Å². The summed E-state index contributed by atoms with van der Waals surface area (Å²) in [7, 11) is -3.67. The molecule has 1 saturated heterocycles. The van der Waals surface area contributed by atoms with Crippen molar-refractivity contribution in [3.8, 4) is 10.6 Å². The first-order valence-corrected chi connectivity index (χ1v) is 13.2. The second-order valence-corrected chi connectivity index (χ2v) is 11.1. The second kappa shape index (κ2) is 9.58. The number of benzene rings is 1. The van der Waals surface area contributed by atoms with Crippen molar-refractivity contribution in [2.75, 3.05) is 26.2 Å². The van der Waals surface area contributed by atoms with Gasteiger partial charge in [-0.1, -0.05) is 36.4 Å². The van der Waals surface area contributed by atoms with Crippen LogP contribution in [0.3, 0.4) is 0 Å². The van der Waals surface area contributed by atoms with Crippen molar-refractivity contribution in [3.63, 3.8) is 0 Å². The Kier molecular flexibility index (Phi) is 6.83. The minimum Gasteiger partial charge on any atom is -0.339 e. The molecule has 7 nitrogen and oxygen atoms in total. The van der Waals surface area contributed by atoms with Gasteiger partial charge < -0.3 is 4.90 Å². The van der Waals surface area contributed by atoms with Crippen LogP contribution >= 0.6 is 22.7 Å². The number of thiophene rings is 1. The van der Waals surface area contributed by atoms with E-state index in [0.29, 0.717) is 13.1 Å². The van der Waals surface area contributed by atoms with Gasteiger partial charge in [0.05, 0.1) is 11.7 Å². The van der Waals surface area contributed by atoms with Gasteiger partial charge in [-0.15, -0.1) is 22.7 Å². The highest BCUT2D eigenvalue weighted by molar-refractivity contribution is 7.91. The maximum absolute atomic E-state index is 12.7. The number of aromatic nitrogens is 1. The predicted molar refractivity (Wildman–Crippen MR) is 124 cm³/mol. The number of thiazole rings is 1. The number of nitrogens with zero attached hydrogens (tertiary/aromatic N) is 3. The van der Waals surface area contributed by atoms with Crippen molar-refractivity contribution in [1.29, 1.82) is 0 Å². The fourth-order valence-corrected chi connectivity index (χ4v) is 6.50. The van der Waals surface area contributed by atoms with Crippen LogP contribution in [-0.2, 0) is 21.4 Å². The highest BCUT2D eigenvalue weighted by Crippen LogP contribution is 2.24. The van der Waals surface area contributed by atoms with Crippen molar-refractivity contribution in [2.24, 2.45) is 0 Å². The number of nitrogens with one attached hydrogen (secondary N) is 1. The molecule has 1 atom stereocenters. The van der Waals surface area contributed by atoms with Crippen molar-refractivity contribution in [1.82, 2.24) is 19.5 Å². The zero-order valence-corrected chi connectivity index (χ0v) is 19.5. The third kappa shape index (κ3) is 5.39. The molecular formula is C21H24N4O3S3. The van der Waals surface area contributed by atoms with E-state index in [9.17, 15) is 13.2 Å². The average molecular weight is 477 g/mol. The third-order valence-electron chi connectivity index (χ3n) is 5.10. The van der Waals surface area contributed by atoms with Crippen LogP contribution in [0.25, 0.3) is 10.6 Å². The Morgan fingerprint density at radius 1 is 1.10 bits per heavy atom. The largest absolute Gasteiger partial charge is 0.339 e. The molecule has 1 fully saturated rings. The number of hydrogen-bond donors (Lipinski definition) is 1. The number of rotatable bonds is 7. The average Bonchev–Trinajstić information content (AvgIpc) is 3.47. The quantitative estimate of drug-likeness (QED) is 0.567. The monoisotopic (exact) mass is 476 g/mol. The number of hydrogen-bond acceptors (Lipinski definition) is 7. The van der Waals surface area contributed by atoms with Crippen LogP contribution in [0.15, 0.2) is 57.4 Å².